The highest BCUT2D eigenvalue weighted by atomic mass is 16.6. The van der Waals surface area contributed by atoms with Crippen molar-refractivity contribution in [2.24, 2.45) is 0 Å². The van der Waals surface area contributed by atoms with Crippen molar-refractivity contribution in [2.45, 2.75) is 51.4 Å². The van der Waals surface area contributed by atoms with Crippen molar-refractivity contribution in [3.05, 3.63) is 120 Å². The average Bonchev–Trinajstić information content (AvgIpc) is 2.98. The lowest BCUT2D eigenvalue weighted by molar-refractivity contribution is -0.0359. The van der Waals surface area contributed by atoms with Crippen LogP contribution in [0.15, 0.2) is 103 Å². The van der Waals surface area contributed by atoms with Crippen LogP contribution in [0.3, 0.4) is 0 Å². The summed E-state index contributed by atoms with van der Waals surface area (Å²) >= 11 is 0. The molecule has 0 N–H and O–H groups in total. The normalized spacial score (nSPS) is 17.6. The van der Waals surface area contributed by atoms with E-state index in [9.17, 15) is 4.79 Å². The van der Waals surface area contributed by atoms with E-state index in [-0.39, 0.29) is 18.1 Å². The highest BCUT2D eigenvalue weighted by molar-refractivity contribution is 5.82. The Morgan fingerprint density at radius 3 is 2.39 bits per heavy atom. The number of amides is 1. The highest BCUT2D eigenvalue weighted by Crippen LogP contribution is 2.33. The molecule has 0 aliphatic carbocycles. The third-order valence-corrected chi connectivity index (χ3v) is 7.25. The van der Waals surface area contributed by atoms with Gasteiger partial charge in [0.25, 0.3) is 0 Å². The fourth-order valence-electron chi connectivity index (χ4n) is 5.19. The van der Waals surface area contributed by atoms with Gasteiger partial charge in [-0.05, 0) is 78.9 Å². The molecule has 0 bridgehead atoms. The van der Waals surface area contributed by atoms with Crippen LogP contribution in [0.5, 0.6) is 5.75 Å². The van der Waals surface area contributed by atoms with Crippen LogP contribution in [-0.4, -0.2) is 42.4 Å². The molecule has 5 nitrogen and oxygen atoms in total. The molecule has 0 saturated carbocycles. The largest absolute Gasteiger partial charge is 0.490 e. The van der Waals surface area contributed by atoms with Gasteiger partial charge in [-0.3, -0.25) is 0 Å². The first kappa shape index (κ1) is 28.4. The molecular weight excluding hydrogens is 510 g/mol. The summed E-state index contributed by atoms with van der Waals surface area (Å²) in [7, 11) is 0. The second-order valence-corrected chi connectivity index (χ2v) is 11.5. The summed E-state index contributed by atoms with van der Waals surface area (Å²) in [6.07, 6.45) is 4.42. The van der Waals surface area contributed by atoms with Crippen LogP contribution in [0, 0.1) is 0 Å². The smallest absolute Gasteiger partial charge is 0.410 e. The molecule has 1 heterocycles. The van der Waals surface area contributed by atoms with Crippen LogP contribution in [0.4, 0.5) is 4.79 Å². The lowest BCUT2D eigenvalue weighted by Crippen LogP contribution is -2.48. The van der Waals surface area contributed by atoms with Gasteiger partial charge in [-0.1, -0.05) is 84.9 Å². The first-order valence-electron chi connectivity index (χ1n) is 14.4. The Morgan fingerprint density at radius 2 is 1.63 bits per heavy atom. The Balaban J connectivity index is 1.26. The number of piperidine rings is 1. The van der Waals surface area contributed by atoms with Crippen LogP contribution < -0.4 is 4.74 Å². The number of hydrogen-bond donors (Lipinski definition) is 0. The van der Waals surface area contributed by atoms with Gasteiger partial charge in [0.15, 0.2) is 0 Å². The second kappa shape index (κ2) is 13.0. The van der Waals surface area contributed by atoms with Crippen LogP contribution in [0.1, 0.15) is 49.8 Å². The predicted octanol–water partition coefficient (Wildman–Crippen LogP) is 8.24. The number of likely N-dealkylation sites (tertiary alicyclic amines) is 1. The molecule has 2 unspecified atom stereocenters. The zero-order valence-corrected chi connectivity index (χ0v) is 24.2. The van der Waals surface area contributed by atoms with E-state index in [2.05, 4.69) is 66.7 Å². The van der Waals surface area contributed by atoms with Gasteiger partial charge in [-0.25, -0.2) is 4.79 Å². The molecule has 0 radical (unpaired) electrons. The van der Waals surface area contributed by atoms with E-state index in [1.54, 1.807) is 4.90 Å². The Labute approximate surface area is 243 Å². The third-order valence-electron chi connectivity index (χ3n) is 7.25. The number of ether oxygens (including phenoxy) is 3. The molecule has 0 aromatic heterocycles. The number of benzene rings is 4. The van der Waals surface area contributed by atoms with Crippen molar-refractivity contribution in [3.63, 3.8) is 0 Å². The number of fused-ring (bicyclic) bond motifs is 1. The maximum Gasteiger partial charge on any atom is 0.410 e. The van der Waals surface area contributed by atoms with Gasteiger partial charge in [0.2, 0.25) is 0 Å². The van der Waals surface area contributed by atoms with Gasteiger partial charge in [0, 0.05) is 12.5 Å². The van der Waals surface area contributed by atoms with Crippen molar-refractivity contribution in [1.29, 1.82) is 0 Å². The lowest BCUT2D eigenvalue weighted by atomic mass is 9.87. The highest BCUT2D eigenvalue weighted by Gasteiger charge is 2.35. The van der Waals surface area contributed by atoms with E-state index in [0.717, 1.165) is 23.3 Å². The molecule has 41 heavy (non-hydrogen) atoms. The Hall–Kier alpha value is -4.09. The van der Waals surface area contributed by atoms with Gasteiger partial charge in [0.1, 0.15) is 18.0 Å². The van der Waals surface area contributed by atoms with E-state index in [0.29, 0.717) is 26.3 Å². The van der Waals surface area contributed by atoms with Gasteiger partial charge in [-0.15, -0.1) is 0 Å². The van der Waals surface area contributed by atoms with Crippen molar-refractivity contribution < 1.29 is 19.0 Å². The SMILES string of the molecule is CC(C)(C)OC(=O)N1CCC(c2ccc(OCC=Cc3ccccc3)cc2)C(OCc2ccc3ccccc3c2)C1. The van der Waals surface area contributed by atoms with Gasteiger partial charge in [0.05, 0.1) is 19.3 Å². The standard InChI is InChI=1S/C36H39NO4/c1-36(2,3)41-35(38)37-22-21-33(34(25-37)40-26-28-15-16-29-13-7-8-14-31(29)24-28)30-17-19-32(20-18-30)39-23-9-12-27-10-5-4-6-11-27/h4-20,24,33-34H,21-23,25-26H2,1-3H3. The molecule has 212 valence electrons. The summed E-state index contributed by atoms with van der Waals surface area (Å²) in [4.78, 5) is 14.7. The Morgan fingerprint density at radius 1 is 0.902 bits per heavy atom. The number of hydrogen-bond acceptors (Lipinski definition) is 4. The lowest BCUT2D eigenvalue weighted by Gasteiger charge is -2.39. The van der Waals surface area contributed by atoms with Crippen molar-refractivity contribution in [3.8, 4) is 5.75 Å². The fourth-order valence-corrected chi connectivity index (χ4v) is 5.19. The third kappa shape index (κ3) is 7.99. The molecule has 4 aromatic rings. The molecule has 2 atom stereocenters. The minimum absolute atomic E-state index is 0.154. The van der Waals surface area contributed by atoms with Crippen LogP contribution in [0.2, 0.25) is 0 Å². The minimum Gasteiger partial charge on any atom is -0.490 e. The van der Waals surface area contributed by atoms with Gasteiger partial charge < -0.3 is 19.1 Å². The van der Waals surface area contributed by atoms with E-state index < -0.39 is 5.60 Å². The second-order valence-electron chi connectivity index (χ2n) is 11.5. The van der Waals surface area contributed by atoms with E-state index in [1.165, 1.54) is 16.3 Å². The topological polar surface area (TPSA) is 48.0 Å². The first-order valence-corrected chi connectivity index (χ1v) is 14.4. The van der Waals surface area contributed by atoms with Gasteiger partial charge in [-0.2, -0.15) is 0 Å². The molecule has 1 amide bonds. The van der Waals surface area contributed by atoms with Crippen molar-refractivity contribution >= 4 is 22.9 Å². The number of nitrogens with zero attached hydrogens (tertiary/aromatic N) is 1. The zero-order valence-electron chi connectivity index (χ0n) is 24.2. The maximum atomic E-state index is 12.9. The summed E-state index contributed by atoms with van der Waals surface area (Å²) in [5.74, 6) is 0.979. The molecule has 4 aromatic carbocycles. The molecule has 0 spiro atoms. The number of carbonyl (C=O) groups excluding carboxylic acids is 1. The maximum absolute atomic E-state index is 12.9. The first-order chi connectivity index (χ1) is 19.8. The average molecular weight is 550 g/mol. The summed E-state index contributed by atoms with van der Waals surface area (Å²) in [6.45, 7) is 7.77. The Kier molecular flexibility index (Phi) is 9.05. The minimum atomic E-state index is -0.540. The predicted molar refractivity (Wildman–Crippen MR) is 165 cm³/mol. The molecule has 1 aliphatic heterocycles. The Bertz CT molecular complexity index is 1460. The molecule has 5 heteroatoms. The van der Waals surface area contributed by atoms with Crippen LogP contribution in [0.25, 0.3) is 16.8 Å². The molecule has 1 saturated heterocycles. The fraction of sp³-hybridized carbons (Fsp3) is 0.306. The van der Waals surface area contributed by atoms with Crippen LogP contribution in [-0.2, 0) is 16.1 Å². The molecule has 5 rings (SSSR count). The summed E-state index contributed by atoms with van der Waals surface area (Å²) in [6, 6.07) is 33.2. The summed E-state index contributed by atoms with van der Waals surface area (Å²) in [5, 5.41) is 2.40. The number of carbonyl (C=O) groups is 1. The van der Waals surface area contributed by atoms with Crippen molar-refractivity contribution in [1.82, 2.24) is 4.90 Å². The summed E-state index contributed by atoms with van der Waals surface area (Å²) in [5.41, 5.74) is 2.91. The molecule has 1 fully saturated rings. The van der Waals surface area contributed by atoms with E-state index in [1.807, 2.05) is 63.2 Å². The van der Waals surface area contributed by atoms with E-state index >= 15 is 0 Å². The molecule has 1 aliphatic rings. The molecular formula is C36H39NO4. The van der Waals surface area contributed by atoms with E-state index in [4.69, 9.17) is 14.2 Å². The number of rotatable bonds is 8. The monoisotopic (exact) mass is 549 g/mol. The van der Waals surface area contributed by atoms with Crippen molar-refractivity contribution in [2.75, 3.05) is 19.7 Å². The zero-order chi connectivity index (χ0) is 28.7. The van der Waals surface area contributed by atoms with Gasteiger partial charge >= 0.3 is 6.09 Å². The van der Waals surface area contributed by atoms with Crippen LogP contribution >= 0.6 is 0 Å². The quantitative estimate of drug-likeness (QED) is 0.222. The summed E-state index contributed by atoms with van der Waals surface area (Å²) < 4.78 is 18.2.